The second-order valence-electron chi connectivity index (χ2n) is 1.75. The Bertz CT molecular complexity index is 303. The topological polar surface area (TPSA) is 116 Å². The summed E-state index contributed by atoms with van der Waals surface area (Å²) in [5, 5.41) is 0. The van der Waals surface area contributed by atoms with Crippen LogP contribution in [0.25, 0.3) is 0 Å². The fourth-order valence-electron chi connectivity index (χ4n) is 0.525. The maximum absolute atomic E-state index is 9.91. The second-order valence-corrected chi connectivity index (χ2v) is 2.80. The first kappa shape index (κ1) is 11.1. The minimum Gasteiger partial charge on any atom is -0.726 e. The van der Waals surface area contributed by atoms with Crippen molar-refractivity contribution < 1.29 is 21.6 Å². The third kappa shape index (κ3) is 4.09. The van der Waals surface area contributed by atoms with Crippen molar-refractivity contribution >= 4 is 10.4 Å². The second kappa shape index (κ2) is 4.21. The van der Waals surface area contributed by atoms with Crippen LogP contribution in [-0.4, -0.2) is 13.0 Å². The summed E-state index contributed by atoms with van der Waals surface area (Å²) >= 11 is 0. The van der Waals surface area contributed by atoms with Gasteiger partial charge in [0.25, 0.3) is 0 Å². The predicted molar refractivity (Wildman–Crippen MR) is 39.2 cm³/mol. The molecule has 0 aliphatic rings. The van der Waals surface area contributed by atoms with E-state index in [1.807, 2.05) is 0 Å². The van der Waals surface area contributed by atoms with E-state index in [1.54, 1.807) is 6.07 Å². The molecule has 0 aromatic carbocycles. The van der Waals surface area contributed by atoms with E-state index >= 15 is 0 Å². The maximum Gasteiger partial charge on any atom is 0.218 e. The Morgan fingerprint density at radius 1 is 1.58 bits per heavy atom. The van der Waals surface area contributed by atoms with E-state index in [0.29, 0.717) is 5.76 Å². The Morgan fingerprint density at radius 2 is 2.25 bits per heavy atom. The average Bonchev–Trinajstić information content (AvgIpc) is 2.32. The van der Waals surface area contributed by atoms with E-state index in [2.05, 4.69) is 4.18 Å². The van der Waals surface area contributed by atoms with Crippen molar-refractivity contribution in [2.24, 2.45) is 0 Å². The van der Waals surface area contributed by atoms with Crippen LogP contribution in [0.2, 0.25) is 0 Å². The van der Waals surface area contributed by atoms with Gasteiger partial charge in [-0.1, -0.05) is 0 Å². The largest absolute Gasteiger partial charge is 0.726 e. The van der Waals surface area contributed by atoms with Crippen molar-refractivity contribution in [2.45, 2.75) is 6.61 Å². The molecule has 0 aliphatic carbocycles. The molecule has 0 aliphatic heterocycles. The molecule has 1 aromatic rings. The summed E-state index contributed by atoms with van der Waals surface area (Å²) in [5.74, 6) is 0.296. The molecule has 0 amide bonds. The SMILES string of the molecule is O=S(=O)([O-])OCc1ccco1.[NH4+]. The monoisotopic (exact) mass is 195 g/mol. The molecule has 7 heteroatoms. The summed E-state index contributed by atoms with van der Waals surface area (Å²) in [6.45, 7) is -0.348. The fraction of sp³-hybridized carbons (Fsp3) is 0.200. The van der Waals surface area contributed by atoms with Crippen LogP contribution in [0.4, 0.5) is 0 Å². The quantitative estimate of drug-likeness (QED) is 0.560. The van der Waals surface area contributed by atoms with Crippen molar-refractivity contribution in [3.05, 3.63) is 24.2 Å². The van der Waals surface area contributed by atoms with E-state index in [0.717, 1.165) is 0 Å². The van der Waals surface area contributed by atoms with Crippen molar-refractivity contribution in [3.63, 3.8) is 0 Å². The summed E-state index contributed by atoms with van der Waals surface area (Å²) in [7, 11) is -4.61. The molecular formula is C5H9NO5S. The van der Waals surface area contributed by atoms with Gasteiger partial charge in [0.1, 0.15) is 12.4 Å². The Labute approximate surface area is 69.7 Å². The zero-order valence-corrected chi connectivity index (χ0v) is 7.21. The van der Waals surface area contributed by atoms with E-state index in [-0.39, 0.29) is 12.8 Å². The number of hydrogen-bond acceptors (Lipinski definition) is 5. The molecule has 0 radical (unpaired) electrons. The minimum atomic E-state index is -4.61. The van der Waals surface area contributed by atoms with Gasteiger partial charge in [0, 0.05) is 0 Å². The molecule has 1 heterocycles. The van der Waals surface area contributed by atoms with Gasteiger partial charge < -0.3 is 15.1 Å². The summed E-state index contributed by atoms with van der Waals surface area (Å²) in [4.78, 5) is 0. The predicted octanol–water partition coefficient (Wildman–Crippen LogP) is 0.633. The fourth-order valence-corrected chi connectivity index (χ4v) is 0.785. The standard InChI is InChI=1S/C5H6O5S.H3N/c6-11(7,8)10-4-5-2-1-3-9-5;/h1-3H,4H2,(H,6,7,8);1H3. The van der Waals surface area contributed by atoms with Crippen LogP contribution in [-0.2, 0) is 21.2 Å². The third-order valence-electron chi connectivity index (χ3n) is 0.926. The van der Waals surface area contributed by atoms with Gasteiger partial charge in [-0.05, 0) is 12.1 Å². The van der Waals surface area contributed by atoms with Gasteiger partial charge in [-0.25, -0.2) is 8.42 Å². The highest BCUT2D eigenvalue weighted by molar-refractivity contribution is 7.80. The number of quaternary nitrogens is 1. The normalized spacial score (nSPS) is 10.8. The first-order chi connectivity index (χ1) is 5.08. The summed E-state index contributed by atoms with van der Waals surface area (Å²) < 4.78 is 38.3. The van der Waals surface area contributed by atoms with Crippen molar-refractivity contribution in [2.75, 3.05) is 0 Å². The minimum absolute atomic E-state index is 0. The molecule has 0 bridgehead atoms. The first-order valence-corrected chi connectivity index (χ1v) is 4.04. The zero-order chi connectivity index (χ0) is 8.32. The van der Waals surface area contributed by atoms with Crippen LogP contribution in [0, 0.1) is 0 Å². The average molecular weight is 195 g/mol. The molecule has 12 heavy (non-hydrogen) atoms. The summed E-state index contributed by atoms with van der Waals surface area (Å²) in [5.41, 5.74) is 0. The highest BCUT2D eigenvalue weighted by Gasteiger charge is 1.98. The molecule has 0 atom stereocenters. The molecule has 1 rings (SSSR count). The number of rotatable bonds is 3. The molecule has 6 nitrogen and oxygen atoms in total. The summed E-state index contributed by atoms with van der Waals surface area (Å²) in [6.07, 6.45) is 1.36. The van der Waals surface area contributed by atoms with E-state index < -0.39 is 10.4 Å². The lowest BCUT2D eigenvalue weighted by Crippen LogP contribution is -2.02. The smallest absolute Gasteiger partial charge is 0.218 e. The van der Waals surface area contributed by atoms with Gasteiger partial charge in [-0.3, -0.25) is 4.18 Å². The van der Waals surface area contributed by atoms with Crippen molar-refractivity contribution in [3.8, 4) is 0 Å². The lowest BCUT2D eigenvalue weighted by Gasteiger charge is -2.04. The summed E-state index contributed by atoms with van der Waals surface area (Å²) in [6, 6.07) is 3.07. The van der Waals surface area contributed by atoms with Gasteiger partial charge in [0.2, 0.25) is 10.4 Å². The van der Waals surface area contributed by atoms with E-state index in [4.69, 9.17) is 4.42 Å². The lowest BCUT2D eigenvalue weighted by molar-refractivity contribution is 0.231. The maximum atomic E-state index is 9.91. The molecule has 1 aromatic heterocycles. The van der Waals surface area contributed by atoms with Crippen LogP contribution in [0.5, 0.6) is 0 Å². The van der Waals surface area contributed by atoms with Gasteiger partial charge in [-0.2, -0.15) is 0 Å². The van der Waals surface area contributed by atoms with Crippen molar-refractivity contribution in [1.82, 2.24) is 6.15 Å². The van der Waals surface area contributed by atoms with Gasteiger partial charge in [0.05, 0.1) is 6.26 Å². The highest BCUT2D eigenvalue weighted by Crippen LogP contribution is 2.02. The Hall–Kier alpha value is -0.890. The Balaban J connectivity index is 0.00000121. The number of furan rings is 1. The van der Waals surface area contributed by atoms with Crippen LogP contribution in [0.15, 0.2) is 22.8 Å². The molecule has 4 N–H and O–H groups in total. The van der Waals surface area contributed by atoms with Gasteiger partial charge >= 0.3 is 0 Å². The molecule has 70 valence electrons. The third-order valence-corrected chi connectivity index (χ3v) is 1.33. The van der Waals surface area contributed by atoms with Crippen LogP contribution < -0.4 is 6.15 Å². The van der Waals surface area contributed by atoms with Crippen LogP contribution >= 0.6 is 0 Å². The molecule has 0 unspecified atom stereocenters. The highest BCUT2D eigenvalue weighted by atomic mass is 32.3. The van der Waals surface area contributed by atoms with Crippen LogP contribution in [0.1, 0.15) is 5.76 Å². The Morgan fingerprint density at radius 3 is 2.67 bits per heavy atom. The van der Waals surface area contributed by atoms with Gasteiger partial charge in [0.15, 0.2) is 0 Å². The van der Waals surface area contributed by atoms with E-state index in [9.17, 15) is 13.0 Å². The molecule has 0 spiro atoms. The number of hydrogen-bond donors (Lipinski definition) is 1. The zero-order valence-electron chi connectivity index (χ0n) is 6.39. The Kier molecular flexibility index (Phi) is 3.90. The molecule has 0 saturated carbocycles. The van der Waals surface area contributed by atoms with E-state index in [1.165, 1.54) is 12.3 Å². The molecule has 0 saturated heterocycles. The van der Waals surface area contributed by atoms with Gasteiger partial charge in [-0.15, -0.1) is 0 Å². The first-order valence-electron chi connectivity index (χ1n) is 2.70. The lowest BCUT2D eigenvalue weighted by atomic mass is 10.5. The molecular weight excluding hydrogens is 186 g/mol. The van der Waals surface area contributed by atoms with Crippen LogP contribution in [0.3, 0.4) is 0 Å². The van der Waals surface area contributed by atoms with Crippen molar-refractivity contribution in [1.29, 1.82) is 0 Å². The molecule has 0 fully saturated rings.